The van der Waals surface area contributed by atoms with E-state index in [1.165, 1.54) is 17.4 Å². The smallest absolute Gasteiger partial charge is 0.276 e. The Morgan fingerprint density at radius 1 is 1.02 bits per heavy atom. The summed E-state index contributed by atoms with van der Waals surface area (Å²) in [5.41, 5.74) is 5.77. The van der Waals surface area contributed by atoms with Crippen LogP contribution in [0.3, 0.4) is 0 Å². The molecule has 1 aliphatic heterocycles. The number of nitrogens with zero attached hydrogens (tertiary/aromatic N) is 2. The van der Waals surface area contributed by atoms with Gasteiger partial charge in [0, 0.05) is 22.7 Å². The molecule has 2 amide bonds. The zero-order valence-corrected chi connectivity index (χ0v) is 25.6. The largest absolute Gasteiger partial charge is 0.496 e. The van der Waals surface area contributed by atoms with Gasteiger partial charge in [0.05, 0.1) is 23.4 Å². The molecule has 0 bridgehead atoms. The molecule has 2 aromatic heterocycles. The highest BCUT2D eigenvalue weighted by atomic mass is 32.1. The molecular formula is C36H32FN3O3S. The number of benzene rings is 3. The molecule has 0 spiro atoms. The lowest BCUT2D eigenvalue weighted by Gasteiger charge is -2.23. The van der Waals surface area contributed by atoms with E-state index >= 15 is 0 Å². The fourth-order valence-electron chi connectivity index (χ4n) is 5.73. The molecule has 1 atom stereocenters. The molecule has 6 rings (SSSR count). The molecule has 8 heteroatoms. The Kier molecular flexibility index (Phi) is 8.26. The first-order valence-corrected chi connectivity index (χ1v) is 15.3. The number of methoxy groups -OCH3 is 1. The summed E-state index contributed by atoms with van der Waals surface area (Å²) in [6.07, 6.45) is 1.22. The number of hydrogen-bond acceptors (Lipinski definition) is 5. The van der Waals surface area contributed by atoms with E-state index in [1.54, 1.807) is 37.1 Å². The third-order valence-corrected chi connectivity index (χ3v) is 9.20. The number of carbonyl (C=O) groups excluding carboxylic acids is 2. The molecule has 0 radical (unpaired) electrons. The average Bonchev–Trinajstić information content (AvgIpc) is 3.41. The molecule has 1 N–H and O–H groups in total. The number of anilines is 2. The molecule has 5 aromatic rings. The number of ether oxygens (including phenoxy) is 1. The normalized spacial score (nSPS) is 13.0. The van der Waals surface area contributed by atoms with Crippen LogP contribution in [0.5, 0.6) is 5.75 Å². The number of hydrogen-bond donors (Lipinski definition) is 1. The second-order valence-electron chi connectivity index (χ2n) is 10.9. The molecule has 3 aromatic carbocycles. The van der Waals surface area contributed by atoms with E-state index in [4.69, 9.17) is 9.72 Å². The minimum Gasteiger partial charge on any atom is -0.496 e. The van der Waals surface area contributed by atoms with Gasteiger partial charge < -0.3 is 15.0 Å². The number of halogens is 1. The quantitative estimate of drug-likeness (QED) is 0.204. The number of pyridine rings is 1. The number of nitrogens with one attached hydrogen (secondary N) is 1. The van der Waals surface area contributed by atoms with E-state index in [0.29, 0.717) is 35.5 Å². The van der Waals surface area contributed by atoms with E-state index < -0.39 is 5.82 Å². The molecule has 6 nitrogen and oxygen atoms in total. The number of para-hydroxylation sites is 3. The monoisotopic (exact) mass is 605 g/mol. The van der Waals surface area contributed by atoms with E-state index in [2.05, 4.69) is 18.3 Å². The topological polar surface area (TPSA) is 71.5 Å². The second kappa shape index (κ2) is 12.4. The molecular weight excluding hydrogens is 573 g/mol. The van der Waals surface area contributed by atoms with Crippen LogP contribution in [0.25, 0.3) is 10.4 Å². The van der Waals surface area contributed by atoms with Crippen LogP contribution in [-0.4, -0.2) is 30.5 Å². The number of aromatic nitrogens is 1. The van der Waals surface area contributed by atoms with Gasteiger partial charge in [-0.3, -0.25) is 9.59 Å². The highest BCUT2D eigenvalue weighted by molar-refractivity contribution is 7.17. The summed E-state index contributed by atoms with van der Waals surface area (Å²) in [5.74, 6) is -0.0169. The number of carbonyl (C=O) groups is 2. The maximum absolute atomic E-state index is 14.4. The lowest BCUT2D eigenvalue weighted by atomic mass is 9.95. The van der Waals surface area contributed by atoms with Crippen molar-refractivity contribution in [1.29, 1.82) is 0 Å². The standard InChI is InChI=1S/C36H32FN3O3S/c1-22-10-8-14-28(37)33(22)39-35(41)32-21-24-18-19-40(30-16-6-4-13-27(30)34(24)44-32)36(42)29-15-9-11-25(38-29)20-23(2)26-12-5-7-17-31(26)43-3/h4-17,21,23H,18-20H2,1-3H3,(H,39,41)/t23-/m1/s1. The van der Waals surface area contributed by atoms with Crippen molar-refractivity contribution in [3.8, 4) is 16.2 Å². The van der Waals surface area contributed by atoms with Crippen LogP contribution in [0.4, 0.5) is 15.8 Å². The Morgan fingerprint density at radius 3 is 2.61 bits per heavy atom. The number of aryl methyl sites for hydroxylation is 1. The number of thiophene rings is 1. The fourth-order valence-corrected chi connectivity index (χ4v) is 6.87. The van der Waals surface area contributed by atoms with Crippen molar-refractivity contribution in [1.82, 2.24) is 4.98 Å². The van der Waals surface area contributed by atoms with E-state index in [0.717, 1.165) is 38.7 Å². The van der Waals surface area contributed by atoms with E-state index in [9.17, 15) is 14.0 Å². The van der Waals surface area contributed by atoms with Crippen LogP contribution < -0.4 is 15.0 Å². The van der Waals surface area contributed by atoms with Gasteiger partial charge in [-0.05, 0) is 78.8 Å². The second-order valence-corrected chi connectivity index (χ2v) is 12.0. The minimum atomic E-state index is -0.470. The minimum absolute atomic E-state index is 0.146. The lowest BCUT2D eigenvalue weighted by Crippen LogP contribution is -2.33. The fraction of sp³-hybridized carbons (Fsp3) is 0.194. The maximum Gasteiger partial charge on any atom is 0.276 e. The molecule has 44 heavy (non-hydrogen) atoms. The first-order valence-electron chi connectivity index (χ1n) is 14.5. The van der Waals surface area contributed by atoms with Gasteiger partial charge in [0.15, 0.2) is 0 Å². The Morgan fingerprint density at radius 2 is 1.80 bits per heavy atom. The highest BCUT2D eigenvalue weighted by Gasteiger charge is 2.28. The van der Waals surface area contributed by atoms with E-state index in [1.807, 2.05) is 60.7 Å². The van der Waals surface area contributed by atoms with Crippen molar-refractivity contribution < 1.29 is 18.7 Å². The van der Waals surface area contributed by atoms with Gasteiger partial charge in [-0.1, -0.05) is 61.5 Å². The molecule has 1 aliphatic rings. The van der Waals surface area contributed by atoms with Crippen LogP contribution in [0.1, 0.15) is 55.4 Å². The van der Waals surface area contributed by atoms with Gasteiger partial charge in [0.25, 0.3) is 11.8 Å². The molecule has 0 fully saturated rings. The summed E-state index contributed by atoms with van der Waals surface area (Å²) in [6.45, 7) is 4.32. The summed E-state index contributed by atoms with van der Waals surface area (Å²) < 4.78 is 19.9. The predicted molar refractivity (Wildman–Crippen MR) is 174 cm³/mol. The SMILES string of the molecule is COc1ccccc1[C@H](C)Cc1cccc(C(=O)N2CCc3cc(C(=O)Nc4c(C)cccc4F)sc3-c3ccccc32)n1. The predicted octanol–water partition coefficient (Wildman–Crippen LogP) is 8.07. The highest BCUT2D eigenvalue weighted by Crippen LogP contribution is 2.42. The van der Waals surface area contributed by atoms with Crippen LogP contribution in [0.2, 0.25) is 0 Å². The van der Waals surface area contributed by atoms with Crippen molar-refractivity contribution in [2.75, 3.05) is 23.9 Å². The number of amides is 2. The van der Waals surface area contributed by atoms with Crippen LogP contribution in [-0.2, 0) is 12.8 Å². The van der Waals surface area contributed by atoms with E-state index in [-0.39, 0.29) is 23.4 Å². The first-order chi connectivity index (χ1) is 21.3. The summed E-state index contributed by atoms with van der Waals surface area (Å²) >= 11 is 1.35. The van der Waals surface area contributed by atoms with Crippen LogP contribution in [0.15, 0.2) is 91.0 Å². The number of rotatable bonds is 7. The van der Waals surface area contributed by atoms with Gasteiger partial charge >= 0.3 is 0 Å². The Labute approximate surface area is 260 Å². The third-order valence-electron chi connectivity index (χ3n) is 7.99. The average molecular weight is 606 g/mol. The molecule has 0 unspecified atom stereocenters. The van der Waals surface area contributed by atoms with Crippen molar-refractivity contribution in [2.45, 2.75) is 32.6 Å². The van der Waals surface area contributed by atoms with Crippen molar-refractivity contribution in [3.63, 3.8) is 0 Å². The summed E-state index contributed by atoms with van der Waals surface area (Å²) in [7, 11) is 1.67. The van der Waals surface area contributed by atoms with Gasteiger partial charge in [-0.25, -0.2) is 9.37 Å². The van der Waals surface area contributed by atoms with Crippen LogP contribution >= 0.6 is 11.3 Å². The molecule has 3 heterocycles. The van der Waals surface area contributed by atoms with Gasteiger partial charge in [-0.15, -0.1) is 11.3 Å². The van der Waals surface area contributed by atoms with Gasteiger partial charge in [-0.2, -0.15) is 0 Å². The van der Waals surface area contributed by atoms with Gasteiger partial charge in [0.2, 0.25) is 0 Å². The van der Waals surface area contributed by atoms with Crippen molar-refractivity contribution in [2.24, 2.45) is 0 Å². The number of fused-ring (bicyclic) bond motifs is 3. The molecule has 0 aliphatic carbocycles. The van der Waals surface area contributed by atoms with Crippen LogP contribution in [0, 0.1) is 12.7 Å². The third kappa shape index (κ3) is 5.73. The molecule has 0 saturated heterocycles. The zero-order chi connectivity index (χ0) is 30.8. The van der Waals surface area contributed by atoms with Gasteiger partial charge in [0.1, 0.15) is 17.3 Å². The Hall–Kier alpha value is -4.82. The lowest BCUT2D eigenvalue weighted by molar-refractivity contribution is 0.0981. The summed E-state index contributed by atoms with van der Waals surface area (Å²) in [4.78, 5) is 35.2. The zero-order valence-electron chi connectivity index (χ0n) is 24.8. The summed E-state index contributed by atoms with van der Waals surface area (Å²) in [6, 6.07) is 27.8. The molecule has 222 valence electrons. The maximum atomic E-state index is 14.4. The van der Waals surface area contributed by atoms with Crippen molar-refractivity contribution >= 4 is 34.5 Å². The Balaban J connectivity index is 1.25. The molecule has 0 saturated carbocycles. The Bertz CT molecular complexity index is 1850. The van der Waals surface area contributed by atoms with Crippen molar-refractivity contribution in [3.05, 3.63) is 130 Å². The summed E-state index contributed by atoms with van der Waals surface area (Å²) in [5, 5.41) is 2.74. The first kappa shape index (κ1) is 29.3.